The van der Waals surface area contributed by atoms with Gasteiger partial charge in [0.2, 0.25) is 23.5 Å². The average molecular weight is 398 g/mol. The first-order valence-electron chi connectivity index (χ1n) is 10.2. The van der Waals surface area contributed by atoms with E-state index in [0.29, 0.717) is 42.0 Å². The lowest BCUT2D eigenvalue weighted by Crippen LogP contribution is -2.47. The third-order valence-electron chi connectivity index (χ3n) is 5.25. The van der Waals surface area contributed by atoms with Crippen molar-refractivity contribution >= 4 is 17.5 Å². The number of carbonyl (C=O) groups excluding carboxylic acids is 2. The van der Waals surface area contributed by atoms with Crippen LogP contribution in [0.1, 0.15) is 57.2 Å². The van der Waals surface area contributed by atoms with Crippen molar-refractivity contribution in [1.29, 1.82) is 0 Å². The molecule has 1 atom stereocenters. The van der Waals surface area contributed by atoms with E-state index in [1.54, 1.807) is 29.2 Å². The number of nitrogens with one attached hydrogen (secondary N) is 1. The van der Waals surface area contributed by atoms with E-state index >= 15 is 0 Å². The molecule has 2 aliphatic rings. The largest absolute Gasteiger partial charge is 0.485 e. The van der Waals surface area contributed by atoms with E-state index in [4.69, 9.17) is 9.26 Å². The van der Waals surface area contributed by atoms with E-state index < -0.39 is 6.04 Å². The average Bonchev–Trinajstić information content (AvgIpc) is 3.30. The molecule has 0 unspecified atom stereocenters. The lowest BCUT2D eigenvalue weighted by atomic mass is 10.0. The highest BCUT2D eigenvalue weighted by atomic mass is 16.5. The molecular weight excluding hydrogens is 372 g/mol. The minimum atomic E-state index is -0.458. The minimum absolute atomic E-state index is 0.0372. The predicted octanol–water partition coefficient (Wildman–Crippen LogP) is 3.11. The summed E-state index contributed by atoms with van der Waals surface area (Å²) in [6.45, 7) is 4.79. The number of rotatable bonds is 8. The van der Waals surface area contributed by atoms with Crippen molar-refractivity contribution < 1.29 is 18.8 Å². The van der Waals surface area contributed by atoms with Crippen LogP contribution >= 0.6 is 0 Å². The van der Waals surface area contributed by atoms with Gasteiger partial charge in [-0.25, -0.2) is 0 Å². The van der Waals surface area contributed by atoms with Gasteiger partial charge in [0.25, 0.3) is 0 Å². The zero-order valence-corrected chi connectivity index (χ0v) is 16.8. The third kappa shape index (κ3) is 4.58. The maximum atomic E-state index is 12.8. The lowest BCUT2D eigenvalue weighted by molar-refractivity contribution is -0.136. The maximum Gasteiger partial charge on any atom is 0.247 e. The molecule has 8 nitrogen and oxygen atoms in total. The summed E-state index contributed by atoms with van der Waals surface area (Å²) in [4.78, 5) is 30.9. The van der Waals surface area contributed by atoms with Gasteiger partial charge in [0.15, 0.2) is 6.61 Å². The molecule has 1 aromatic carbocycles. The second-order valence-electron chi connectivity index (χ2n) is 8.00. The minimum Gasteiger partial charge on any atom is -0.485 e. The fourth-order valence-electron chi connectivity index (χ4n) is 3.59. The van der Waals surface area contributed by atoms with Gasteiger partial charge in [-0.1, -0.05) is 19.0 Å². The first-order chi connectivity index (χ1) is 14.0. The first-order valence-corrected chi connectivity index (χ1v) is 10.2. The highest BCUT2D eigenvalue weighted by molar-refractivity contribution is 5.97. The van der Waals surface area contributed by atoms with Crippen LogP contribution in [0.5, 0.6) is 5.75 Å². The zero-order chi connectivity index (χ0) is 20.4. The highest BCUT2D eigenvalue weighted by Gasteiger charge is 2.35. The number of likely N-dealkylation sites (tertiary alicyclic amines) is 1. The van der Waals surface area contributed by atoms with Crippen LogP contribution in [0, 0.1) is 5.92 Å². The molecule has 1 aliphatic heterocycles. The van der Waals surface area contributed by atoms with Gasteiger partial charge in [-0.15, -0.1) is 0 Å². The second-order valence-corrected chi connectivity index (χ2v) is 8.00. The van der Waals surface area contributed by atoms with Crippen molar-refractivity contribution in [2.45, 2.75) is 58.1 Å². The van der Waals surface area contributed by atoms with Crippen LogP contribution < -0.4 is 10.1 Å². The molecule has 1 N–H and O–H groups in total. The SMILES string of the molecule is CC(C)[C@@H](C(=O)Nc1ccc(OCc2noc(C3CC3)n2)cc1)N1CCCC1=O. The summed E-state index contributed by atoms with van der Waals surface area (Å²) in [5, 5.41) is 6.85. The van der Waals surface area contributed by atoms with Crippen molar-refractivity contribution in [2.75, 3.05) is 11.9 Å². The number of anilines is 1. The number of aromatic nitrogens is 2. The smallest absolute Gasteiger partial charge is 0.247 e. The van der Waals surface area contributed by atoms with Crippen molar-refractivity contribution in [3.63, 3.8) is 0 Å². The Morgan fingerprint density at radius 2 is 2.07 bits per heavy atom. The molecule has 2 heterocycles. The summed E-state index contributed by atoms with van der Waals surface area (Å²) in [5.74, 6) is 2.21. The summed E-state index contributed by atoms with van der Waals surface area (Å²) in [7, 11) is 0. The summed E-state index contributed by atoms with van der Waals surface area (Å²) < 4.78 is 10.9. The summed E-state index contributed by atoms with van der Waals surface area (Å²) >= 11 is 0. The lowest BCUT2D eigenvalue weighted by Gasteiger charge is -2.29. The molecule has 2 amide bonds. The molecule has 2 fully saturated rings. The number of nitrogens with zero attached hydrogens (tertiary/aromatic N) is 3. The normalized spacial score (nSPS) is 17.6. The van der Waals surface area contributed by atoms with E-state index in [1.807, 2.05) is 13.8 Å². The van der Waals surface area contributed by atoms with E-state index in [9.17, 15) is 9.59 Å². The molecule has 4 rings (SSSR count). The van der Waals surface area contributed by atoms with Gasteiger partial charge in [-0.3, -0.25) is 9.59 Å². The predicted molar refractivity (Wildman–Crippen MR) is 105 cm³/mol. The van der Waals surface area contributed by atoms with Gasteiger partial charge in [0.05, 0.1) is 0 Å². The van der Waals surface area contributed by atoms with Crippen molar-refractivity contribution in [3.05, 3.63) is 36.0 Å². The summed E-state index contributed by atoms with van der Waals surface area (Å²) in [6.07, 6.45) is 3.55. The fourth-order valence-corrected chi connectivity index (χ4v) is 3.59. The number of benzene rings is 1. The Bertz CT molecular complexity index is 873. The Kier molecular flexibility index (Phi) is 5.51. The Morgan fingerprint density at radius 1 is 1.31 bits per heavy atom. The molecule has 1 aliphatic carbocycles. The number of hydrogen-bond donors (Lipinski definition) is 1. The molecule has 8 heteroatoms. The van der Waals surface area contributed by atoms with Crippen LogP contribution in [-0.2, 0) is 16.2 Å². The van der Waals surface area contributed by atoms with Crippen LogP contribution in [0.3, 0.4) is 0 Å². The van der Waals surface area contributed by atoms with Crippen LogP contribution in [0.4, 0.5) is 5.69 Å². The topological polar surface area (TPSA) is 97.6 Å². The standard InChI is InChI=1S/C21H26N4O4/c1-13(2)19(25-11-3-4-18(25)26)20(27)22-15-7-9-16(10-8-15)28-12-17-23-21(29-24-17)14-5-6-14/h7-10,13-14,19H,3-6,11-12H2,1-2H3,(H,22,27)/t19-/m0/s1. The monoisotopic (exact) mass is 398 g/mol. The highest BCUT2D eigenvalue weighted by Crippen LogP contribution is 2.38. The molecule has 1 saturated carbocycles. The van der Waals surface area contributed by atoms with Crippen molar-refractivity contribution in [3.8, 4) is 5.75 Å². The van der Waals surface area contributed by atoms with Gasteiger partial charge in [0.1, 0.15) is 11.8 Å². The Labute approximate surface area is 169 Å². The van der Waals surface area contributed by atoms with E-state index in [2.05, 4.69) is 15.5 Å². The Hall–Kier alpha value is -2.90. The maximum absolute atomic E-state index is 12.8. The van der Waals surface area contributed by atoms with Gasteiger partial charge in [-0.05, 0) is 49.4 Å². The number of ether oxygens (including phenoxy) is 1. The van der Waals surface area contributed by atoms with Crippen LogP contribution in [0.2, 0.25) is 0 Å². The van der Waals surface area contributed by atoms with Gasteiger partial charge in [0, 0.05) is 24.6 Å². The Morgan fingerprint density at radius 3 is 2.69 bits per heavy atom. The number of hydrogen-bond acceptors (Lipinski definition) is 6. The fraction of sp³-hybridized carbons (Fsp3) is 0.524. The van der Waals surface area contributed by atoms with E-state index in [1.165, 1.54) is 0 Å². The van der Waals surface area contributed by atoms with Gasteiger partial charge < -0.3 is 19.5 Å². The van der Waals surface area contributed by atoms with Gasteiger partial charge >= 0.3 is 0 Å². The quantitative estimate of drug-likeness (QED) is 0.734. The van der Waals surface area contributed by atoms with E-state index in [0.717, 1.165) is 19.3 Å². The molecule has 0 bridgehead atoms. The number of amides is 2. The van der Waals surface area contributed by atoms with Crippen LogP contribution in [0.25, 0.3) is 0 Å². The number of carbonyl (C=O) groups is 2. The van der Waals surface area contributed by atoms with Crippen molar-refractivity contribution in [1.82, 2.24) is 15.0 Å². The van der Waals surface area contributed by atoms with E-state index in [-0.39, 0.29) is 24.3 Å². The summed E-state index contributed by atoms with van der Waals surface area (Å²) in [6, 6.07) is 6.66. The first kappa shape index (κ1) is 19.4. The second kappa shape index (κ2) is 8.23. The molecule has 2 aromatic rings. The molecule has 0 spiro atoms. The Balaban J connectivity index is 1.33. The molecular formula is C21H26N4O4. The van der Waals surface area contributed by atoms with Crippen molar-refractivity contribution in [2.24, 2.45) is 5.92 Å². The van der Waals surface area contributed by atoms with Gasteiger partial charge in [-0.2, -0.15) is 4.98 Å². The molecule has 1 aromatic heterocycles. The summed E-state index contributed by atoms with van der Waals surface area (Å²) in [5.41, 5.74) is 0.662. The van der Waals surface area contributed by atoms with Crippen LogP contribution in [-0.4, -0.2) is 39.4 Å². The molecule has 1 saturated heterocycles. The molecule has 0 radical (unpaired) electrons. The molecule has 154 valence electrons. The van der Waals surface area contributed by atoms with Crippen LogP contribution in [0.15, 0.2) is 28.8 Å². The molecule has 29 heavy (non-hydrogen) atoms. The third-order valence-corrected chi connectivity index (χ3v) is 5.25. The zero-order valence-electron chi connectivity index (χ0n) is 16.8.